The zero-order chi connectivity index (χ0) is 18.7. The van der Waals surface area contributed by atoms with Crippen LogP contribution in [0.3, 0.4) is 0 Å². The van der Waals surface area contributed by atoms with Gasteiger partial charge in [-0.25, -0.2) is 0 Å². The maximum absolute atomic E-state index is 12.7. The number of carbonyl (C=O) groups is 2. The van der Waals surface area contributed by atoms with E-state index in [1.54, 1.807) is 9.80 Å². The topological polar surface area (TPSA) is 78.4 Å². The van der Waals surface area contributed by atoms with Crippen molar-refractivity contribution in [2.24, 2.45) is 0 Å². The molecular formula is C15H20F3N5O2S. The molecule has 2 aliphatic rings. The number of amides is 2. The van der Waals surface area contributed by atoms with E-state index < -0.39 is 11.2 Å². The van der Waals surface area contributed by atoms with Crippen LogP contribution in [0, 0.1) is 0 Å². The first-order valence-electron chi connectivity index (χ1n) is 8.56. The summed E-state index contributed by atoms with van der Waals surface area (Å²) in [6, 6.07) is -0.124. The molecule has 2 saturated heterocycles. The highest BCUT2D eigenvalue weighted by atomic mass is 32.1. The van der Waals surface area contributed by atoms with Crippen molar-refractivity contribution in [1.82, 2.24) is 20.4 Å². The van der Waals surface area contributed by atoms with Gasteiger partial charge in [0, 0.05) is 45.1 Å². The fraction of sp³-hybridized carbons (Fsp3) is 0.733. The maximum atomic E-state index is 12.7. The van der Waals surface area contributed by atoms with E-state index in [2.05, 4.69) is 15.5 Å². The minimum Gasteiger partial charge on any atom is -0.353 e. The molecule has 0 aromatic carbocycles. The number of alkyl halides is 3. The van der Waals surface area contributed by atoms with Gasteiger partial charge in [0.25, 0.3) is 0 Å². The average Bonchev–Trinajstić information content (AvgIpc) is 2.94. The molecule has 0 bridgehead atoms. The molecule has 1 N–H and O–H groups in total. The van der Waals surface area contributed by atoms with Gasteiger partial charge in [0.15, 0.2) is 0 Å². The predicted octanol–water partition coefficient (Wildman–Crippen LogP) is 1.65. The quantitative estimate of drug-likeness (QED) is 0.848. The molecule has 7 nitrogen and oxygen atoms in total. The van der Waals surface area contributed by atoms with Crippen molar-refractivity contribution in [3.63, 3.8) is 0 Å². The largest absolute Gasteiger partial charge is 0.445 e. The Kier molecular flexibility index (Phi) is 5.64. The van der Waals surface area contributed by atoms with Crippen LogP contribution in [-0.2, 0) is 15.8 Å². The lowest BCUT2D eigenvalue weighted by Gasteiger charge is -2.26. The molecule has 144 valence electrons. The molecule has 0 aliphatic carbocycles. The number of halogens is 3. The van der Waals surface area contributed by atoms with E-state index in [9.17, 15) is 22.8 Å². The van der Waals surface area contributed by atoms with Crippen LogP contribution >= 0.6 is 11.3 Å². The first-order chi connectivity index (χ1) is 12.3. The number of hydrogen-bond acceptors (Lipinski definition) is 6. The molecule has 1 aromatic heterocycles. The van der Waals surface area contributed by atoms with Gasteiger partial charge in [0.1, 0.15) is 0 Å². The van der Waals surface area contributed by atoms with Crippen molar-refractivity contribution >= 4 is 28.3 Å². The summed E-state index contributed by atoms with van der Waals surface area (Å²) < 4.78 is 38.0. The third-order valence-electron chi connectivity index (χ3n) is 4.52. The molecule has 3 rings (SSSR count). The van der Waals surface area contributed by atoms with Gasteiger partial charge >= 0.3 is 6.18 Å². The van der Waals surface area contributed by atoms with Gasteiger partial charge in [-0.05, 0) is 19.3 Å². The molecule has 0 spiro atoms. The van der Waals surface area contributed by atoms with Gasteiger partial charge < -0.3 is 15.1 Å². The summed E-state index contributed by atoms with van der Waals surface area (Å²) in [5, 5.41) is 8.96. The third kappa shape index (κ3) is 4.63. The van der Waals surface area contributed by atoms with Crippen LogP contribution in [-0.4, -0.2) is 59.1 Å². The monoisotopic (exact) mass is 391 g/mol. The van der Waals surface area contributed by atoms with Crippen LogP contribution in [0.4, 0.5) is 18.3 Å². The smallest absolute Gasteiger partial charge is 0.353 e. The van der Waals surface area contributed by atoms with Crippen LogP contribution in [0.25, 0.3) is 0 Å². The molecule has 2 amide bonds. The van der Waals surface area contributed by atoms with Gasteiger partial charge in [-0.1, -0.05) is 11.3 Å². The Morgan fingerprint density at radius 2 is 2.00 bits per heavy atom. The average molecular weight is 391 g/mol. The highest BCUT2D eigenvalue weighted by Gasteiger charge is 2.36. The number of nitrogens with one attached hydrogen (secondary N) is 1. The summed E-state index contributed by atoms with van der Waals surface area (Å²) in [6.45, 7) is 1.90. The Balaban J connectivity index is 1.55. The van der Waals surface area contributed by atoms with Crippen molar-refractivity contribution in [3.05, 3.63) is 5.01 Å². The van der Waals surface area contributed by atoms with E-state index in [0.717, 1.165) is 12.8 Å². The molecule has 1 unspecified atom stereocenters. The Hall–Kier alpha value is -1.91. The molecular weight excluding hydrogens is 371 g/mol. The Morgan fingerprint density at radius 3 is 2.69 bits per heavy atom. The highest BCUT2D eigenvalue weighted by molar-refractivity contribution is 7.15. The lowest BCUT2D eigenvalue weighted by atomic mass is 10.0. The Labute approximate surface area is 152 Å². The maximum Gasteiger partial charge on any atom is 0.445 e. The summed E-state index contributed by atoms with van der Waals surface area (Å²) in [5.41, 5.74) is 0. The van der Waals surface area contributed by atoms with Crippen molar-refractivity contribution in [3.8, 4) is 0 Å². The van der Waals surface area contributed by atoms with Crippen LogP contribution < -0.4 is 10.2 Å². The van der Waals surface area contributed by atoms with Gasteiger partial charge in [-0.2, -0.15) is 13.2 Å². The van der Waals surface area contributed by atoms with E-state index in [0.29, 0.717) is 50.4 Å². The van der Waals surface area contributed by atoms with E-state index in [-0.39, 0.29) is 29.4 Å². The van der Waals surface area contributed by atoms with E-state index in [1.165, 1.54) is 0 Å². The molecule has 2 aliphatic heterocycles. The number of anilines is 1. The fourth-order valence-electron chi connectivity index (χ4n) is 3.19. The lowest BCUT2D eigenvalue weighted by Crippen LogP contribution is -2.44. The highest BCUT2D eigenvalue weighted by Crippen LogP contribution is 2.34. The SMILES string of the molecule is O=C1CCCC(CC(=O)N2CCCN(c3nnc(C(F)(F)F)s3)CC2)N1. The second-order valence-corrected chi connectivity index (χ2v) is 7.43. The minimum absolute atomic E-state index is 0.0205. The zero-order valence-corrected chi connectivity index (χ0v) is 14.9. The summed E-state index contributed by atoms with van der Waals surface area (Å²) in [7, 11) is 0. The van der Waals surface area contributed by atoms with Crippen LogP contribution in [0.2, 0.25) is 0 Å². The fourth-order valence-corrected chi connectivity index (χ4v) is 3.95. The van der Waals surface area contributed by atoms with Crippen molar-refractivity contribution in [2.45, 2.75) is 44.3 Å². The second kappa shape index (κ2) is 7.77. The number of hydrogen-bond donors (Lipinski definition) is 1. The molecule has 3 heterocycles. The molecule has 0 radical (unpaired) electrons. The summed E-state index contributed by atoms with van der Waals surface area (Å²) >= 11 is 0.522. The number of carbonyl (C=O) groups excluding carboxylic acids is 2. The molecule has 1 atom stereocenters. The summed E-state index contributed by atoms with van der Waals surface area (Å²) in [4.78, 5) is 27.4. The van der Waals surface area contributed by atoms with E-state index >= 15 is 0 Å². The molecule has 1 aromatic rings. The third-order valence-corrected chi connectivity index (χ3v) is 5.55. The van der Waals surface area contributed by atoms with Crippen molar-refractivity contribution < 1.29 is 22.8 Å². The first kappa shape index (κ1) is 18.9. The molecule has 0 saturated carbocycles. The second-order valence-electron chi connectivity index (χ2n) is 6.47. The van der Waals surface area contributed by atoms with Gasteiger partial charge in [-0.3, -0.25) is 9.59 Å². The van der Waals surface area contributed by atoms with Crippen LogP contribution in [0.5, 0.6) is 0 Å². The van der Waals surface area contributed by atoms with Crippen molar-refractivity contribution in [1.29, 1.82) is 0 Å². The van der Waals surface area contributed by atoms with Gasteiger partial charge in [-0.15, -0.1) is 10.2 Å². The summed E-state index contributed by atoms with van der Waals surface area (Å²) in [5.74, 6) is -0.0554. The van der Waals surface area contributed by atoms with Gasteiger partial charge in [0.2, 0.25) is 22.0 Å². The minimum atomic E-state index is -4.49. The number of nitrogens with zero attached hydrogens (tertiary/aromatic N) is 4. The van der Waals surface area contributed by atoms with Crippen molar-refractivity contribution in [2.75, 3.05) is 31.1 Å². The number of aromatic nitrogens is 2. The first-order valence-corrected chi connectivity index (χ1v) is 9.37. The predicted molar refractivity (Wildman–Crippen MR) is 88.7 cm³/mol. The standard InChI is InChI=1S/C15H20F3N5O2S/c16-15(17,18)13-20-21-14(26-13)23-6-2-5-22(7-8-23)12(25)9-10-3-1-4-11(24)19-10/h10H,1-9H2,(H,19,24). The van der Waals surface area contributed by atoms with E-state index in [4.69, 9.17) is 0 Å². The summed E-state index contributed by atoms with van der Waals surface area (Å²) in [6.07, 6.45) is -1.50. The van der Waals surface area contributed by atoms with Gasteiger partial charge in [0.05, 0.1) is 0 Å². The number of piperidine rings is 1. The molecule has 2 fully saturated rings. The molecule has 11 heteroatoms. The Bertz CT molecular complexity index is 666. The number of rotatable bonds is 3. The van der Waals surface area contributed by atoms with E-state index in [1.807, 2.05) is 0 Å². The van der Waals surface area contributed by atoms with Crippen LogP contribution in [0.15, 0.2) is 0 Å². The molecule has 26 heavy (non-hydrogen) atoms. The zero-order valence-electron chi connectivity index (χ0n) is 14.1. The lowest BCUT2D eigenvalue weighted by molar-refractivity contribution is -0.138. The normalized spacial score (nSPS) is 22.1. The van der Waals surface area contributed by atoms with Crippen LogP contribution in [0.1, 0.15) is 37.1 Å². The Morgan fingerprint density at radius 1 is 1.19 bits per heavy atom.